The fourth-order valence-electron chi connectivity index (χ4n) is 1.91. The predicted molar refractivity (Wildman–Crippen MR) is 66.5 cm³/mol. The molecule has 1 aromatic heterocycles. The number of aliphatic hydroxyl groups excluding tert-OH is 1. The number of fused-ring (bicyclic) bond motifs is 1. The number of hydrogen-bond acceptors (Lipinski definition) is 2. The van der Waals surface area contributed by atoms with E-state index in [2.05, 4.69) is 31.8 Å². The number of rotatable bonds is 2. The van der Waals surface area contributed by atoms with Gasteiger partial charge in [-0.3, -0.25) is 4.98 Å². The molecule has 0 unspecified atom stereocenters. The van der Waals surface area contributed by atoms with Gasteiger partial charge in [0.05, 0.1) is 12.1 Å². The van der Waals surface area contributed by atoms with E-state index >= 15 is 0 Å². The van der Waals surface area contributed by atoms with E-state index in [4.69, 9.17) is 0 Å². The van der Waals surface area contributed by atoms with Crippen LogP contribution in [0.1, 0.15) is 36.6 Å². The molecule has 0 amide bonds. The number of para-hydroxylation sites is 1. The van der Waals surface area contributed by atoms with Gasteiger partial charge in [0.25, 0.3) is 0 Å². The van der Waals surface area contributed by atoms with Crippen molar-refractivity contribution in [3.05, 3.63) is 41.1 Å². The van der Waals surface area contributed by atoms with Gasteiger partial charge in [-0.15, -0.1) is 0 Å². The fourth-order valence-corrected chi connectivity index (χ4v) is 1.91. The van der Waals surface area contributed by atoms with Crippen LogP contribution >= 0.6 is 0 Å². The Morgan fingerprint density at radius 1 is 1.31 bits per heavy atom. The second-order valence-corrected chi connectivity index (χ2v) is 4.49. The molecule has 0 spiro atoms. The number of nitrogens with zero attached hydrogens (tertiary/aromatic N) is 1. The molecule has 2 aromatic rings. The lowest BCUT2D eigenvalue weighted by molar-refractivity contribution is 0.283. The zero-order chi connectivity index (χ0) is 11.7. The van der Waals surface area contributed by atoms with Gasteiger partial charge in [0.15, 0.2) is 0 Å². The van der Waals surface area contributed by atoms with Crippen molar-refractivity contribution >= 4 is 10.9 Å². The van der Waals surface area contributed by atoms with E-state index in [0.717, 1.165) is 27.7 Å². The highest BCUT2D eigenvalue weighted by Crippen LogP contribution is 2.24. The Morgan fingerprint density at radius 2 is 2.06 bits per heavy atom. The van der Waals surface area contributed by atoms with E-state index < -0.39 is 0 Å². The van der Waals surface area contributed by atoms with Crippen LogP contribution in [0.15, 0.2) is 24.3 Å². The maximum Gasteiger partial charge on any atom is 0.0738 e. The summed E-state index contributed by atoms with van der Waals surface area (Å²) < 4.78 is 0. The third-order valence-corrected chi connectivity index (χ3v) is 2.91. The topological polar surface area (TPSA) is 33.1 Å². The third-order valence-electron chi connectivity index (χ3n) is 2.91. The van der Waals surface area contributed by atoms with Gasteiger partial charge in [0, 0.05) is 11.1 Å². The molecule has 1 aromatic carbocycles. The van der Waals surface area contributed by atoms with Gasteiger partial charge in [-0.25, -0.2) is 0 Å². The summed E-state index contributed by atoms with van der Waals surface area (Å²) in [6.45, 7) is 6.37. The van der Waals surface area contributed by atoms with E-state index in [9.17, 15) is 5.11 Å². The first-order valence-corrected chi connectivity index (χ1v) is 5.63. The van der Waals surface area contributed by atoms with E-state index in [1.165, 1.54) is 0 Å². The minimum atomic E-state index is 0.0716. The smallest absolute Gasteiger partial charge is 0.0738 e. The first kappa shape index (κ1) is 11.1. The van der Waals surface area contributed by atoms with Crippen molar-refractivity contribution in [2.45, 2.75) is 33.3 Å². The van der Waals surface area contributed by atoms with Crippen molar-refractivity contribution in [3.8, 4) is 0 Å². The summed E-state index contributed by atoms with van der Waals surface area (Å²) >= 11 is 0. The van der Waals surface area contributed by atoms with Crippen molar-refractivity contribution in [3.63, 3.8) is 0 Å². The number of benzene rings is 1. The summed E-state index contributed by atoms with van der Waals surface area (Å²) in [4.78, 5) is 4.67. The molecule has 2 nitrogen and oxygen atoms in total. The summed E-state index contributed by atoms with van der Waals surface area (Å²) in [6, 6.07) is 8.09. The molecule has 1 heterocycles. The maximum absolute atomic E-state index is 9.40. The van der Waals surface area contributed by atoms with E-state index in [-0.39, 0.29) is 6.61 Å². The molecule has 0 fully saturated rings. The Labute approximate surface area is 96.0 Å². The number of aromatic nitrogens is 1. The molecule has 84 valence electrons. The molecule has 0 bridgehead atoms. The fraction of sp³-hybridized carbons (Fsp3) is 0.357. The van der Waals surface area contributed by atoms with Crippen LogP contribution in [-0.2, 0) is 6.61 Å². The standard InChI is InChI=1S/C14H17NO/c1-9(2)13-7-11(8-16)12-6-4-5-10(3)14(12)15-13/h4-7,9,16H,8H2,1-3H3. The minimum absolute atomic E-state index is 0.0716. The summed E-state index contributed by atoms with van der Waals surface area (Å²) in [5, 5.41) is 10.5. The average molecular weight is 215 g/mol. The maximum atomic E-state index is 9.40. The van der Waals surface area contributed by atoms with Crippen LogP contribution in [0.5, 0.6) is 0 Å². The Kier molecular flexibility index (Phi) is 2.92. The van der Waals surface area contributed by atoms with Crippen LogP contribution in [-0.4, -0.2) is 10.1 Å². The Bertz CT molecular complexity index is 517. The second kappa shape index (κ2) is 4.22. The van der Waals surface area contributed by atoms with Crippen molar-refractivity contribution in [2.24, 2.45) is 0 Å². The zero-order valence-corrected chi connectivity index (χ0v) is 9.99. The SMILES string of the molecule is Cc1cccc2c(CO)cc(C(C)C)nc12. The first-order valence-electron chi connectivity index (χ1n) is 5.63. The van der Waals surface area contributed by atoms with Crippen LogP contribution in [0.3, 0.4) is 0 Å². The van der Waals surface area contributed by atoms with Crippen LogP contribution in [0.4, 0.5) is 0 Å². The Hall–Kier alpha value is -1.41. The van der Waals surface area contributed by atoms with Crippen LogP contribution in [0.25, 0.3) is 10.9 Å². The van der Waals surface area contributed by atoms with Gasteiger partial charge in [0.2, 0.25) is 0 Å². The highest BCUT2D eigenvalue weighted by Gasteiger charge is 2.08. The molecule has 1 N–H and O–H groups in total. The lowest BCUT2D eigenvalue weighted by Gasteiger charge is -2.11. The summed E-state index contributed by atoms with van der Waals surface area (Å²) in [7, 11) is 0. The van der Waals surface area contributed by atoms with Gasteiger partial charge < -0.3 is 5.11 Å². The molecule has 0 aliphatic heterocycles. The zero-order valence-electron chi connectivity index (χ0n) is 9.99. The first-order chi connectivity index (χ1) is 7.63. The lowest BCUT2D eigenvalue weighted by atomic mass is 10.0. The number of aliphatic hydroxyl groups is 1. The van der Waals surface area contributed by atoms with Gasteiger partial charge >= 0.3 is 0 Å². The predicted octanol–water partition coefficient (Wildman–Crippen LogP) is 3.16. The molecule has 0 aliphatic rings. The van der Waals surface area contributed by atoms with Gasteiger partial charge in [0.1, 0.15) is 0 Å². The number of aryl methyl sites for hydroxylation is 1. The van der Waals surface area contributed by atoms with Gasteiger partial charge in [-0.05, 0) is 30.0 Å². The molecule has 2 rings (SSSR count). The van der Waals surface area contributed by atoms with Crippen LogP contribution in [0, 0.1) is 6.92 Å². The monoisotopic (exact) mass is 215 g/mol. The van der Waals surface area contributed by atoms with Crippen LogP contribution in [0.2, 0.25) is 0 Å². The van der Waals surface area contributed by atoms with Crippen LogP contribution < -0.4 is 0 Å². The van der Waals surface area contributed by atoms with Crippen molar-refractivity contribution in [1.82, 2.24) is 4.98 Å². The summed E-state index contributed by atoms with van der Waals surface area (Å²) in [5.74, 6) is 0.384. The Morgan fingerprint density at radius 3 is 2.69 bits per heavy atom. The molecule has 0 saturated carbocycles. The van der Waals surface area contributed by atoms with E-state index in [1.54, 1.807) is 0 Å². The molecular weight excluding hydrogens is 198 g/mol. The highest BCUT2D eigenvalue weighted by atomic mass is 16.3. The summed E-state index contributed by atoms with van der Waals surface area (Å²) in [6.07, 6.45) is 0. The molecule has 16 heavy (non-hydrogen) atoms. The normalized spacial score (nSPS) is 11.3. The highest BCUT2D eigenvalue weighted by molar-refractivity contribution is 5.85. The number of pyridine rings is 1. The molecule has 0 atom stereocenters. The molecule has 0 saturated heterocycles. The average Bonchev–Trinajstić information content (AvgIpc) is 2.28. The van der Waals surface area contributed by atoms with Crippen molar-refractivity contribution in [2.75, 3.05) is 0 Å². The minimum Gasteiger partial charge on any atom is -0.392 e. The van der Waals surface area contributed by atoms with Crippen molar-refractivity contribution in [1.29, 1.82) is 0 Å². The van der Waals surface area contributed by atoms with Gasteiger partial charge in [-0.1, -0.05) is 32.0 Å². The Balaban J connectivity index is 2.79. The second-order valence-electron chi connectivity index (χ2n) is 4.49. The third kappa shape index (κ3) is 1.81. The number of hydrogen-bond donors (Lipinski definition) is 1. The van der Waals surface area contributed by atoms with E-state index in [0.29, 0.717) is 5.92 Å². The van der Waals surface area contributed by atoms with Gasteiger partial charge in [-0.2, -0.15) is 0 Å². The molecule has 0 radical (unpaired) electrons. The molecular formula is C14H17NO. The largest absolute Gasteiger partial charge is 0.392 e. The van der Waals surface area contributed by atoms with E-state index in [1.807, 2.05) is 18.2 Å². The van der Waals surface area contributed by atoms with Crippen molar-refractivity contribution < 1.29 is 5.11 Å². The molecule has 0 aliphatic carbocycles. The quantitative estimate of drug-likeness (QED) is 0.834. The molecule has 2 heteroatoms. The summed E-state index contributed by atoms with van der Waals surface area (Å²) in [5.41, 5.74) is 4.19. The lowest BCUT2D eigenvalue weighted by Crippen LogP contribution is -1.98.